The lowest BCUT2D eigenvalue weighted by molar-refractivity contribution is -0.136. The summed E-state index contributed by atoms with van der Waals surface area (Å²) < 4.78 is 10.5. The van der Waals surface area contributed by atoms with E-state index in [0.717, 1.165) is 0 Å². The monoisotopic (exact) mass is 480 g/mol. The van der Waals surface area contributed by atoms with Crippen LogP contribution in [-0.4, -0.2) is 37.7 Å². The van der Waals surface area contributed by atoms with E-state index in [1.54, 1.807) is 54.6 Å². The largest absolute Gasteiger partial charge is 0.497 e. The number of hydrazone groups is 1. The molecule has 0 fully saturated rings. The van der Waals surface area contributed by atoms with Gasteiger partial charge in [-0.2, -0.15) is 5.10 Å². The fraction of sp³-hybridized carbons (Fsp3) is 0.0833. The summed E-state index contributed by atoms with van der Waals surface area (Å²) in [6.45, 7) is -0.221. The molecule has 0 saturated heterocycles. The number of rotatable bonds is 8. The van der Waals surface area contributed by atoms with Crippen molar-refractivity contribution in [3.8, 4) is 11.5 Å². The van der Waals surface area contributed by atoms with Crippen molar-refractivity contribution < 1.29 is 23.9 Å². The lowest BCUT2D eigenvalue weighted by atomic mass is 10.2. The van der Waals surface area contributed by atoms with Crippen molar-refractivity contribution in [2.24, 2.45) is 5.10 Å². The maximum Gasteiger partial charge on any atom is 0.329 e. The minimum absolute atomic E-state index is 0.221. The molecule has 0 aliphatic carbocycles. The van der Waals surface area contributed by atoms with Gasteiger partial charge in [-0.15, -0.1) is 0 Å². The molecular formula is C24H21ClN4O5. The van der Waals surface area contributed by atoms with E-state index in [-0.39, 0.29) is 17.5 Å². The van der Waals surface area contributed by atoms with Crippen LogP contribution in [0.25, 0.3) is 0 Å². The van der Waals surface area contributed by atoms with Gasteiger partial charge in [-0.3, -0.25) is 14.4 Å². The Morgan fingerprint density at radius 1 is 0.912 bits per heavy atom. The number of hydrogen-bond donors (Lipinski definition) is 3. The van der Waals surface area contributed by atoms with Crippen LogP contribution in [0.1, 0.15) is 5.56 Å². The summed E-state index contributed by atoms with van der Waals surface area (Å²) in [5.74, 6) is -1.22. The Kier molecular flexibility index (Phi) is 8.59. The summed E-state index contributed by atoms with van der Waals surface area (Å²) in [5, 5.41) is 9.15. The van der Waals surface area contributed by atoms with E-state index in [2.05, 4.69) is 21.2 Å². The van der Waals surface area contributed by atoms with Gasteiger partial charge in [0.15, 0.2) is 6.61 Å². The molecule has 9 nitrogen and oxygen atoms in total. The molecule has 0 saturated carbocycles. The van der Waals surface area contributed by atoms with Crippen LogP contribution in [0.4, 0.5) is 11.4 Å². The molecule has 0 radical (unpaired) electrons. The summed E-state index contributed by atoms with van der Waals surface area (Å²) in [7, 11) is 1.53. The average molecular weight is 481 g/mol. The number of halogens is 1. The van der Waals surface area contributed by atoms with Crippen LogP contribution in [-0.2, 0) is 14.4 Å². The first-order valence-electron chi connectivity index (χ1n) is 10.0. The Hall–Kier alpha value is -4.37. The molecule has 3 N–H and O–H groups in total. The Morgan fingerprint density at radius 3 is 2.29 bits per heavy atom. The topological polar surface area (TPSA) is 118 Å². The molecule has 0 aromatic heterocycles. The van der Waals surface area contributed by atoms with E-state index in [0.29, 0.717) is 28.4 Å². The second-order valence-corrected chi connectivity index (χ2v) is 7.18. The van der Waals surface area contributed by atoms with Crippen molar-refractivity contribution in [3.05, 3.63) is 83.4 Å². The molecule has 0 atom stereocenters. The van der Waals surface area contributed by atoms with Gasteiger partial charge in [0.2, 0.25) is 0 Å². The van der Waals surface area contributed by atoms with Crippen LogP contribution in [0.2, 0.25) is 5.02 Å². The van der Waals surface area contributed by atoms with E-state index in [1.807, 2.05) is 18.2 Å². The summed E-state index contributed by atoms with van der Waals surface area (Å²) in [4.78, 5) is 35.9. The Balaban J connectivity index is 1.47. The van der Waals surface area contributed by atoms with E-state index >= 15 is 0 Å². The Morgan fingerprint density at radius 2 is 1.62 bits per heavy atom. The van der Waals surface area contributed by atoms with E-state index < -0.39 is 11.8 Å². The van der Waals surface area contributed by atoms with Crippen LogP contribution in [0.15, 0.2) is 77.9 Å². The summed E-state index contributed by atoms with van der Waals surface area (Å²) in [6.07, 6.45) is 1.32. The number of hydrogen-bond acceptors (Lipinski definition) is 6. The lowest BCUT2D eigenvalue weighted by Crippen LogP contribution is -2.32. The van der Waals surface area contributed by atoms with Crippen molar-refractivity contribution in [1.82, 2.24) is 5.43 Å². The SMILES string of the molecule is COc1ccc(NC(=O)C(=O)N/N=C\c2ccc(OCC(=O)Nc3ccccc3)c(Cl)c2)cc1. The quantitative estimate of drug-likeness (QED) is 0.259. The predicted molar refractivity (Wildman–Crippen MR) is 129 cm³/mol. The van der Waals surface area contributed by atoms with Crippen molar-refractivity contribution in [3.63, 3.8) is 0 Å². The van der Waals surface area contributed by atoms with Gasteiger partial charge in [0, 0.05) is 11.4 Å². The van der Waals surface area contributed by atoms with E-state index in [9.17, 15) is 14.4 Å². The molecule has 0 spiro atoms. The van der Waals surface area contributed by atoms with E-state index in [1.165, 1.54) is 13.3 Å². The number of benzene rings is 3. The highest BCUT2D eigenvalue weighted by molar-refractivity contribution is 6.39. The van der Waals surface area contributed by atoms with Gasteiger partial charge in [0.1, 0.15) is 11.5 Å². The first kappa shape index (κ1) is 24.3. The number of ether oxygens (including phenoxy) is 2. The molecule has 174 valence electrons. The molecule has 0 unspecified atom stereocenters. The van der Waals surface area contributed by atoms with Crippen LogP contribution >= 0.6 is 11.6 Å². The number of anilines is 2. The first-order valence-corrected chi connectivity index (χ1v) is 10.4. The van der Waals surface area contributed by atoms with Gasteiger partial charge in [0.25, 0.3) is 5.91 Å². The number of carbonyl (C=O) groups excluding carboxylic acids is 3. The average Bonchev–Trinajstić information content (AvgIpc) is 2.84. The maximum absolute atomic E-state index is 12.0. The van der Waals surface area contributed by atoms with Crippen LogP contribution in [0, 0.1) is 0 Å². The first-order chi connectivity index (χ1) is 16.4. The molecule has 3 aromatic rings. The lowest BCUT2D eigenvalue weighted by Gasteiger charge is -2.09. The van der Waals surface area contributed by atoms with Crippen molar-refractivity contribution in [2.75, 3.05) is 24.4 Å². The zero-order valence-corrected chi connectivity index (χ0v) is 18.8. The molecule has 34 heavy (non-hydrogen) atoms. The van der Waals surface area contributed by atoms with Crippen LogP contribution in [0.5, 0.6) is 11.5 Å². The van der Waals surface area contributed by atoms with Crippen LogP contribution in [0.3, 0.4) is 0 Å². The third-order valence-corrected chi connectivity index (χ3v) is 4.60. The van der Waals surface area contributed by atoms with Gasteiger partial charge in [-0.05, 0) is 60.2 Å². The zero-order valence-electron chi connectivity index (χ0n) is 18.1. The summed E-state index contributed by atoms with van der Waals surface area (Å²) in [5.41, 5.74) is 3.78. The molecule has 0 heterocycles. The highest BCUT2D eigenvalue weighted by Crippen LogP contribution is 2.25. The van der Waals surface area contributed by atoms with Gasteiger partial charge < -0.3 is 20.1 Å². The second-order valence-electron chi connectivity index (χ2n) is 6.77. The minimum Gasteiger partial charge on any atom is -0.497 e. The summed E-state index contributed by atoms with van der Waals surface area (Å²) in [6, 6.07) is 20.2. The molecule has 3 rings (SSSR count). The van der Waals surface area contributed by atoms with Gasteiger partial charge in [0.05, 0.1) is 18.3 Å². The zero-order chi connectivity index (χ0) is 24.3. The standard InChI is InChI=1S/C24H21ClN4O5/c1-33-19-10-8-18(9-11-19)28-23(31)24(32)29-26-14-16-7-12-21(20(25)13-16)34-15-22(30)27-17-5-3-2-4-6-17/h2-14H,15H2,1H3,(H,27,30)(H,28,31)(H,29,32)/b26-14-. The maximum atomic E-state index is 12.0. The minimum atomic E-state index is -0.942. The van der Waals surface area contributed by atoms with E-state index in [4.69, 9.17) is 21.1 Å². The van der Waals surface area contributed by atoms with Crippen molar-refractivity contribution in [2.45, 2.75) is 0 Å². The Bertz CT molecular complexity index is 1180. The molecule has 0 aliphatic heterocycles. The smallest absolute Gasteiger partial charge is 0.329 e. The third-order valence-electron chi connectivity index (χ3n) is 4.31. The fourth-order valence-electron chi connectivity index (χ4n) is 2.65. The predicted octanol–water partition coefficient (Wildman–Crippen LogP) is 3.45. The molecular weight excluding hydrogens is 460 g/mol. The molecule has 3 amide bonds. The number of carbonyl (C=O) groups is 3. The Labute approximate surface area is 200 Å². The fourth-order valence-corrected chi connectivity index (χ4v) is 2.90. The number of nitrogens with one attached hydrogen (secondary N) is 3. The highest BCUT2D eigenvalue weighted by Gasteiger charge is 2.13. The number of amides is 3. The van der Waals surface area contributed by atoms with Crippen molar-refractivity contribution in [1.29, 1.82) is 0 Å². The number of nitrogens with zero attached hydrogens (tertiary/aromatic N) is 1. The highest BCUT2D eigenvalue weighted by atomic mass is 35.5. The molecule has 0 aliphatic rings. The van der Waals surface area contributed by atoms with Gasteiger partial charge >= 0.3 is 11.8 Å². The molecule has 10 heteroatoms. The van der Waals surface area contributed by atoms with Crippen molar-refractivity contribution >= 4 is 46.9 Å². The second kappa shape index (κ2) is 12.0. The number of para-hydroxylation sites is 1. The van der Waals surface area contributed by atoms with Gasteiger partial charge in [-0.1, -0.05) is 29.8 Å². The molecule has 0 bridgehead atoms. The number of methoxy groups -OCH3 is 1. The third kappa shape index (κ3) is 7.35. The van der Waals surface area contributed by atoms with Gasteiger partial charge in [-0.25, -0.2) is 5.43 Å². The molecule has 3 aromatic carbocycles. The van der Waals surface area contributed by atoms with Crippen LogP contribution < -0.4 is 25.5 Å². The summed E-state index contributed by atoms with van der Waals surface area (Å²) >= 11 is 6.20. The normalized spacial score (nSPS) is 10.4.